The standard InChI is InChI=1S/C14H23ClN2O/c1-5-9-11-10-12(15)17-13(16-11)14(6-2,7-3)18-8-4/h10H,5-9H2,1-4H3. The van der Waals surface area contributed by atoms with E-state index in [2.05, 4.69) is 30.7 Å². The Hall–Kier alpha value is -0.670. The fraction of sp³-hybridized carbons (Fsp3) is 0.714. The SMILES string of the molecule is CCCc1cc(Cl)nc(C(CC)(CC)OCC)n1. The molecule has 102 valence electrons. The third-order valence-corrected chi connectivity index (χ3v) is 3.42. The molecule has 3 nitrogen and oxygen atoms in total. The number of hydrogen-bond acceptors (Lipinski definition) is 3. The van der Waals surface area contributed by atoms with Crippen molar-refractivity contribution in [2.24, 2.45) is 0 Å². The van der Waals surface area contributed by atoms with E-state index >= 15 is 0 Å². The Kier molecular flexibility index (Phi) is 6.03. The van der Waals surface area contributed by atoms with Crippen LogP contribution in [0.25, 0.3) is 0 Å². The van der Waals surface area contributed by atoms with Gasteiger partial charge in [0, 0.05) is 12.3 Å². The van der Waals surface area contributed by atoms with Crippen molar-refractivity contribution in [1.82, 2.24) is 9.97 Å². The van der Waals surface area contributed by atoms with E-state index in [0.717, 1.165) is 37.2 Å². The maximum Gasteiger partial charge on any atom is 0.162 e. The van der Waals surface area contributed by atoms with Crippen LogP contribution in [0, 0.1) is 0 Å². The Morgan fingerprint density at radius 3 is 2.33 bits per heavy atom. The predicted octanol–water partition coefficient (Wildman–Crippen LogP) is 4.13. The first-order chi connectivity index (χ1) is 8.61. The normalized spacial score (nSPS) is 11.8. The predicted molar refractivity (Wildman–Crippen MR) is 74.9 cm³/mol. The monoisotopic (exact) mass is 270 g/mol. The largest absolute Gasteiger partial charge is 0.367 e. The summed E-state index contributed by atoms with van der Waals surface area (Å²) in [6.45, 7) is 8.98. The van der Waals surface area contributed by atoms with Crippen LogP contribution in [0.4, 0.5) is 0 Å². The van der Waals surface area contributed by atoms with Gasteiger partial charge in [-0.25, -0.2) is 9.97 Å². The molecular weight excluding hydrogens is 248 g/mol. The van der Waals surface area contributed by atoms with Crippen molar-refractivity contribution in [2.75, 3.05) is 6.61 Å². The molecule has 0 aliphatic rings. The summed E-state index contributed by atoms with van der Waals surface area (Å²) in [6.07, 6.45) is 3.67. The van der Waals surface area contributed by atoms with E-state index in [1.807, 2.05) is 13.0 Å². The molecule has 0 atom stereocenters. The number of ether oxygens (including phenoxy) is 1. The van der Waals surface area contributed by atoms with Gasteiger partial charge in [0.2, 0.25) is 0 Å². The van der Waals surface area contributed by atoms with Crippen LogP contribution in [0.15, 0.2) is 6.07 Å². The lowest BCUT2D eigenvalue weighted by molar-refractivity contribution is -0.0572. The molecule has 0 aliphatic carbocycles. The molecule has 0 saturated carbocycles. The average molecular weight is 271 g/mol. The molecule has 1 heterocycles. The summed E-state index contributed by atoms with van der Waals surface area (Å²) < 4.78 is 5.92. The molecule has 0 spiro atoms. The second-order valence-corrected chi connectivity index (χ2v) is 4.78. The number of nitrogens with zero attached hydrogens (tertiary/aromatic N) is 2. The average Bonchev–Trinajstić information content (AvgIpc) is 2.36. The van der Waals surface area contributed by atoms with Gasteiger partial charge < -0.3 is 4.74 Å². The van der Waals surface area contributed by atoms with Crippen molar-refractivity contribution in [2.45, 2.75) is 59.0 Å². The molecule has 0 saturated heterocycles. The van der Waals surface area contributed by atoms with E-state index in [0.29, 0.717) is 11.8 Å². The molecule has 0 fully saturated rings. The number of aryl methyl sites for hydroxylation is 1. The molecule has 4 heteroatoms. The van der Waals surface area contributed by atoms with Gasteiger partial charge in [-0.2, -0.15) is 0 Å². The lowest BCUT2D eigenvalue weighted by Gasteiger charge is -2.30. The van der Waals surface area contributed by atoms with Crippen molar-refractivity contribution in [3.8, 4) is 0 Å². The molecule has 0 bridgehead atoms. The minimum absolute atomic E-state index is 0.401. The Labute approximate surface area is 115 Å². The summed E-state index contributed by atoms with van der Waals surface area (Å²) in [5, 5.41) is 0.509. The van der Waals surface area contributed by atoms with E-state index in [4.69, 9.17) is 16.3 Å². The molecule has 0 aliphatic heterocycles. The van der Waals surface area contributed by atoms with E-state index in [9.17, 15) is 0 Å². The van der Waals surface area contributed by atoms with Gasteiger partial charge in [-0.1, -0.05) is 38.8 Å². The first-order valence-electron chi connectivity index (χ1n) is 6.79. The van der Waals surface area contributed by atoms with Crippen LogP contribution in [-0.4, -0.2) is 16.6 Å². The Bertz CT molecular complexity index is 378. The summed E-state index contributed by atoms with van der Waals surface area (Å²) in [7, 11) is 0. The van der Waals surface area contributed by atoms with Gasteiger partial charge in [-0.15, -0.1) is 0 Å². The fourth-order valence-corrected chi connectivity index (χ4v) is 2.37. The highest BCUT2D eigenvalue weighted by Crippen LogP contribution is 2.31. The summed E-state index contributed by atoms with van der Waals surface area (Å²) in [6, 6.07) is 1.84. The van der Waals surface area contributed by atoms with E-state index < -0.39 is 5.60 Å². The molecule has 0 unspecified atom stereocenters. The third-order valence-electron chi connectivity index (χ3n) is 3.22. The van der Waals surface area contributed by atoms with Gasteiger partial charge in [0.15, 0.2) is 5.82 Å². The van der Waals surface area contributed by atoms with Crippen molar-refractivity contribution < 1.29 is 4.74 Å². The van der Waals surface area contributed by atoms with Crippen LogP contribution < -0.4 is 0 Å². The molecule has 1 aromatic rings. The second kappa shape index (κ2) is 7.05. The van der Waals surface area contributed by atoms with Crippen molar-refractivity contribution in [3.63, 3.8) is 0 Å². The van der Waals surface area contributed by atoms with Gasteiger partial charge >= 0.3 is 0 Å². The van der Waals surface area contributed by atoms with Crippen LogP contribution >= 0.6 is 11.6 Å². The van der Waals surface area contributed by atoms with Gasteiger partial charge in [0.05, 0.1) is 0 Å². The molecule has 1 aromatic heterocycles. The molecule has 1 rings (SSSR count). The summed E-state index contributed by atoms with van der Waals surface area (Å²) in [4.78, 5) is 9.01. The molecule has 0 radical (unpaired) electrons. The number of halogens is 1. The second-order valence-electron chi connectivity index (χ2n) is 4.39. The van der Waals surface area contributed by atoms with Crippen LogP contribution in [-0.2, 0) is 16.8 Å². The highest BCUT2D eigenvalue weighted by Gasteiger charge is 2.32. The lowest BCUT2D eigenvalue weighted by Crippen LogP contribution is -2.31. The lowest BCUT2D eigenvalue weighted by atomic mass is 9.95. The smallest absolute Gasteiger partial charge is 0.162 e. The summed E-state index contributed by atoms with van der Waals surface area (Å²) >= 11 is 6.10. The van der Waals surface area contributed by atoms with Gasteiger partial charge in [0.25, 0.3) is 0 Å². The van der Waals surface area contributed by atoms with Crippen LogP contribution in [0.2, 0.25) is 5.15 Å². The quantitative estimate of drug-likeness (QED) is 0.699. The van der Waals surface area contributed by atoms with E-state index in [-0.39, 0.29) is 0 Å². The number of aromatic nitrogens is 2. The summed E-state index contributed by atoms with van der Waals surface area (Å²) in [5.41, 5.74) is 0.598. The van der Waals surface area contributed by atoms with Crippen molar-refractivity contribution in [1.29, 1.82) is 0 Å². The Morgan fingerprint density at radius 2 is 1.83 bits per heavy atom. The van der Waals surface area contributed by atoms with Crippen molar-refractivity contribution in [3.05, 3.63) is 22.7 Å². The van der Waals surface area contributed by atoms with Gasteiger partial charge in [0.1, 0.15) is 10.8 Å². The van der Waals surface area contributed by atoms with E-state index in [1.165, 1.54) is 0 Å². The van der Waals surface area contributed by atoms with Crippen LogP contribution in [0.3, 0.4) is 0 Å². The first-order valence-corrected chi connectivity index (χ1v) is 7.17. The Balaban J connectivity index is 3.18. The number of rotatable bonds is 7. The fourth-order valence-electron chi connectivity index (χ4n) is 2.16. The van der Waals surface area contributed by atoms with Gasteiger partial charge in [-0.05, 0) is 32.3 Å². The minimum atomic E-state index is -0.401. The van der Waals surface area contributed by atoms with Crippen molar-refractivity contribution >= 4 is 11.6 Å². The van der Waals surface area contributed by atoms with Crippen LogP contribution in [0.5, 0.6) is 0 Å². The molecule has 0 amide bonds. The van der Waals surface area contributed by atoms with Crippen LogP contribution in [0.1, 0.15) is 58.5 Å². The molecular formula is C14H23ClN2O. The molecule has 18 heavy (non-hydrogen) atoms. The molecule has 0 aromatic carbocycles. The van der Waals surface area contributed by atoms with E-state index in [1.54, 1.807) is 0 Å². The topological polar surface area (TPSA) is 35.0 Å². The Morgan fingerprint density at radius 1 is 1.17 bits per heavy atom. The zero-order chi connectivity index (χ0) is 13.6. The zero-order valence-corrected chi connectivity index (χ0v) is 12.5. The minimum Gasteiger partial charge on any atom is -0.367 e. The zero-order valence-electron chi connectivity index (χ0n) is 11.8. The maximum absolute atomic E-state index is 6.10. The van der Waals surface area contributed by atoms with Gasteiger partial charge in [-0.3, -0.25) is 0 Å². The highest BCUT2D eigenvalue weighted by molar-refractivity contribution is 6.29. The first kappa shape index (κ1) is 15.4. The molecule has 0 N–H and O–H groups in total. The summed E-state index contributed by atoms with van der Waals surface area (Å²) in [5.74, 6) is 0.727. The maximum atomic E-state index is 6.10. The highest BCUT2D eigenvalue weighted by atomic mass is 35.5. The number of hydrogen-bond donors (Lipinski definition) is 0. The third kappa shape index (κ3) is 3.42.